The van der Waals surface area contributed by atoms with Crippen LogP contribution in [-0.4, -0.2) is 26.9 Å². The average Bonchev–Trinajstić information content (AvgIpc) is 2.61. The molecule has 0 unspecified atom stereocenters. The Morgan fingerprint density at radius 2 is 2.13 bits per heavy atom. The molecule has 0 aliphatic rings. The second-order valence-corrected chi connectivity index (χ2v) is 3.24. The molecule has 0 aromatic carbocycles. The average molecular weight is 225 g/mol. The Morgan fingerprint density at radius 1 is 1.40 bits per heavy atom. The zero-order valence-corrected chi connectivity index (χ0v) is 8.85. The summed E-state index contributed by atoms with van der Waals surface area (Å²) in [4.78, 5) is 8.09. The fourth-order valence-corrected chi connectivity index (χ4v) is 1.40. The number of methoxy groups -OCH3 is 1. The molecule has 0 aliphatic heterocycles. The van der Waals surface area contributed by atoms with Crippen molar-refractivity contribution in [3.05, 3.63) is 35.4 Å². The van der Waals surface area contributed by atoms with E-state index >= 15 is 0 Å². The van der Waals surface area contributed by atoms with Crippen LogP contribution in [0.15, 0.2) is 24.5 Å². The molecule has 0 fully saturated rings. The Hall–Kier alpha value is -1.46. The van der Waals surface area contributed by atoms with Crippen molar-refractivity contribution in [2.75, 3.05) is 7.11 Å². The van der Waals surface area contributed by atoms with Crippen LogP contribution in [0.5, 0.6) is 0 Å². The zero-order valence-electron chi connectivity index (χ0n) is 8.09. The molecule has 0 radical (unpaired) electrons. The molecule has 6 heteroatoms. The number of hydrogen-bond acceptors (Lipinski definition) is 4. The molecule has 2 heterocycles. The van der Waals surface area contributed by atoms with Gasteiger partial charge in [0.1, 0.15) is 5.15 Å². The summed E-state index contributed by atoms with van der Waals surface area (Å²) in [6.45, 7) is 0.416. The van der Waals surface area contributed by atoms with E-state index in [0.717, 1.165) is 5.69 Å². The maximum absolute atomic E-state index is 5.98. The molecular formula is C9H9ClN4O. The molecule has 5 nitrogen and oxygen atoms in total. The fraction of sp³-hybridized carbons (Fsp3) is 0.222. The van der Waals surface area contributed by atoms with Gasteiger partial charge in [0.15, 0.2) is 0 Å². The molecule has 78 valence electrons. The Morgan fingerprint density at radius 3 is 2.80 bits per heavy atom. The van der Waals surface area contributed by atoms with Crippen LogP contribution in [0.1, 0.15) is 5.69 Å². The Kier molecular flexibility index (Phi) is 2.94. The van der Waals surface area contributed by atoms with Crippen molar-refractivity contribution in [1.82, 2.24) is 19.7 Å². The predicted molar refractivity (Wildman–Crippen MR) is 54.9 cm³/mol. The van der Waals surface area contributed by atoms with Gasteiger partial charge in [-0.25, -0.2) is 9.97 Å². The maximum atomic E-state index is 5.98. The minimum absolute atomic E-state index is 0.416. The van der Waals surface area contributed by atoms with Crippen LogP contribution in [0.3, 0.4) is 0 Å². The van der Waals surface area contributed by atoms with Gasteiger partial charge in [-0.2, -0.15) is 9.78 Å². The van der Waals surface area contributed by atoms with E-state index in [0.29, 0.717) is 17.7 Å². The molecule has 15 heavy (non-hydrogen) atoms. The van der Waals surface area contributed by atoms with Gasteiger partial charge in [0, 0.05) is 25.6 Å². The van der Waals surface area contributed by atoms with E-state index in [1.807, 2.05) is 0 Å². The van der Waals surface area contributed by atoms with Crippen LogP contribution in [0.2, 0.25) is 5.15 Å². The number of rotatable bonds is 3. The van der Waals surface area contributed by atoms with E-state index in [2.05, 4.69) is 15.1 Å². The van der Waals surface area contributed by atoms with E-state index in [1.165, 1.54) is 4.68 Å². The second kappa shape index (κ2) is 4.37. The molecule has 0 N–H and O–H groups in total. The largest absolute Gasteiger partial charge is 0.378 e. The van der Waals surface area contributed by atoms with Gasteiger partial charge in [-0.15, -0.1) is 0 Å². The van der Waals surface area contributed by atoms with Crippen molar-refractivity contribution in [3.8, 4) is 5.95 Å². The molecule has 2 aromatic rings. The molecule has 0 atom stereocenters. The van der Waals surface area contributed by atoms with Crippen molar-refractivity contribution in [1.29, 1.82) is 0 Å². The van der Waals surface area contributed by atoms with Crippen LogP contribution in [0, 0.1) is 0 Å². The smallest absolute Gasteiger partial charge is 0.251 e. The number of hydrogen-bond donors (Lipinski definition) is 0. The Labute approximate surface area is 91.7 Å². The van der Waals surface area contributed by atoms with E-state index in [1.54, 1.807) is 31.6 Å². The highest BCUT2D eigenvalue weighted by Gasteiger charge is 2.08. The minimum atomic E-state index is 0.416. The lowest BCUT2D eigenvalue weighted by Gasteiger charge is -1.98. The summed E-state index contributed by atoms with van der Waals surface area (Å²) >= 11 is 5.98. The van der Waals surface area contributed by atoms with Gasteiger partial charge in [0.25, 0.3) is 5.95 Å². The molecule has 0 bridgehead atoms. The highest BCUT2D eigenvalue weighted by atomic mass is 35.5. The van der Waals surface area contributed by atoms with E-state index in [-0.39, 0.29) is 0 Å². The van der Waals surface area contributed by atoms with Gasteiger partial charge in [-0.1, -0.05) is 11.6 Å². The Bertz CT molecular complexity index is 443. The molecule has 2 aromatic heterocycles. The third-order valence-electron chi connectivity index (χ3n) is 1.75. The number of ether oxygens (including phenoxy) is 1. The number of halogens is 1. The first-order valence-corrected chi connectivity index (χ1v) is 4.70. The van der Waals surface area contributed by atoms with Gasteiger partial charge in [0.2, 0.25) is 0 Å². The lowest BCUT2D eigenvalue weighted by Crippen LogP contribution is -2.02. The molecule has 2 rings (SSSR count). The highest BCUT2D eigenvalue weighted by molar-refractivity contribution is 6.29. The van der Waals surface area contributed by atoms with Crippen LogP contribution in [0.4, 0.5) is 0 Å². The summed E-state index contributed by atoms with van der Waals surface area (Å²) in [5.74, 6) is 0.449. The summed E-state index contributed by atoms with van der Waals surface area (Å²) in [5, 5.41) is 4.67. The van der Waals surface area contributed by atoms with Crippen LogP contribution in [-0.2, 0) is 11.3 Å². The summed E-state index contributed by atoms with van der Waals surface area (Å²) in [5.41, 5.74) is 0.745. The number of nitrogens with zero attached hydrogens (tertiary/aromatic N) is 4. The third kappa shape index (κ3) is 2.14. The molecule has 0 saturated carbocycles. The second-order valence-electron chi connectivity index (χ2n) is 2.85. The zero-order chi connectivity index (χ0) is 10.7. The number of aromatic nitrogens is 4. The summed E-state index contributed by atoms with van der Waals surface area (Å²) in [7, 11) is 1.60. The first-order valence-electron chi connectivity index (χ1n) is 4.32. The van der Waals surface area contributed by atoms with Crippen LogP contribution < -0.4 is 0 Å². The van der Waals surface area contributed by atoms with E-state index in [9.17, 15) is 0 Å². The van der Waals surface area contributed by atoms with Crippen molar-refractivity contribution in [3.63, 3.8) is 0 Å². The normalized spacial score (nSPS) is 10.5. The molecule has 0 aliphatic carbocycles. The fourth-order valence-electron chi connectivity index (χ4n) is 1.16. The topological polar surface area (TPSA) is 52.8 Å². The highest BCUT2D eigenvalue weighted by Crippen LogP contribution is 2.14. The lowest BCUT2D eigenvalue weighted by atomic mass is 10.5. The first-order chi connectivity index (χ1) is 7.31. The van der Waals surface area contributed by atoms with Crippen molar-refractivity contribution in [2.24, 2.45) is 0 Å². The van der Waals surface area contributed by atoms with Crippen LogP contribution in [0.25, 0.3) is 5.95 Å². The van der Waals surface area contributed by atoms with Gasteiger partial charge >= 0.3 is 0 Å². The molecular weight excluding hydrogens is 216 g/mol. The van der Waals surface area contributed by atoms with Gasteiger partial charge in [0.05, 0.1) is 12.3 Å². The third-order valence-corrected chi connectivity index (χ3v) is 2.02. The predicted octanol–water partition coefficient (Wildman–Crippen LogP) is 1.46. The standard InChI is InChI=1S/C9H9ClN4O/c1-15-6-7-5-8(10)14(13-7)9-11-3-2-4-12-9/h2-5H,6H2,1H3. The van der Waals surface area contributed by atoms with E-state index < -0.39 is 0 Å². The van der Waals surface area contributed by atoms with Gasteiger partial charge in [-0.3, -0.25) is 0 Å². The van der Waals surface area contributed by atoms with Crippen LogP contribution >= 0.6 is 11.6 Å². The molecule has 0 saturated heterocycles. The lowest BCUT2D eigenvalue weighted by molar-refractivity contribution is 0.181. The maximum Gasteiger partial charge on any atom is 0.251 e. The summed E-state index contributed by atoms with van der Waals surface area (Å²) in [6, 6.07) is 3.46. The SMILES string of the molecule is COCc1cc(Cl)n(-c2ncccn2)n1. The van der Waals surface area contributed by atoms with Crippen molar-refractivity contribution < 1.29 is 4.74 Å². The Balaban J connectivity index is 2.36. The van der Waals surface area contributed by atoms with Crippen molar-refractivity contribution >= 4 is 11.6 Å². The molecule has 0 spiro atoms. The quantitative estimate of drug-likeness (QED) is 0.792. The van der Waals surface area contributed by atoms with Gasteiger partial charge < -0.3 is 4.74 Å². The monoisotopic (exact) mass is 224 g/mol. The minimum Gasteiger partial charge on any atom is -0.378 e. The summed E-state index contributed by atoms with van der Waals surface area (Å²) in [6.07, 6.45) is 3.27. The van der Waals surface area contributed by atoms with Gasteiger partial charge in [-0.05, 0) is 6.07 Å². The first kappa shape index (κ1) is 10.1. The van der Waals surface area contributed by atoms with Crippen molar-refractivity contribution in [2.45, 2.75) is 6.61 Å². The molecule has 0 amide bonds. The van der Waals surface area contributed by atoms with E-state index in [4.69, 9.17) is 16.3 Å². The summed E-state index contributed by atoms with van der Waals surface area (Å²) < 4.78 is 6.42.